The molecular formula is C11H13N5O. The Balaban J connectivity index is 1.91. The number of nitrogens with zero attached hydrogens (tertiary/aromatic N) is 5. The molecule has 1 N–H and O–H groups in total. The summed E-state index contributed by atoms with van der Waals surface area (Å²) in [7, 11) is 0. The highest BCUT2D eigenvalue weighted by Crippen LogP contribution is 2.26. The lowest BCUT2D eigenvalue weighted by Crippen LogP contribution is -2.60. The minimum Gasteiger partial charge on any atom is -0.386 e. The van der Waals surface area contributed by atoms with Crippen LogP contribution in [0.25, 0.3) is 5.69 Å². The third-order valence-electron chi connectivity index (χ3n) is 2.80. The summed E-state index contributed by atoms with van der Waals surface area (Å²) in [4.78, 5) is 1.95. The molecule has 2 aromatic rings. The minimum atomic E-state index is -0.631. The summed E-state index contributed by atoms with van der Waals surface area (Å²) >= 11 is 0. The third kappa shape index (κ3) is 1.76. The summed E-state index contributed by atoms with van der Waals surface area (Å²) in [6.07, 6.45) is 0. The maximum atomic E-state index is 9.72. The molecule has 0 aliphatic carbocycles. The molecule has 0 unspecified atom stereocenters. The average molecular weight is 231 g/mol. The molecule has 3 rings (SSSR count). The summed E-state index contributed by atoms with van der Waals surface area (Å²) in [5, 5.41) is 21.4. The molecule has 1 aliphatic heterocycles. The number of anilines is 1. The molecule has 1 aliphatic rings. The fourth-order valence-corrected chi connectivity index (χ4v) is 2.03. The SMILES string of the molecule is CC1(O)CN(c2nnnn2-c2ccccc2)C1. The zero-order valence-electron chi connectivity index (χ0n) is 9.48. The second-order valence-corrected chi connectivity index (χ2v) is 4.58. The zero-order valence-corrected chi connectivity index (χ0v) is 9.48. The number of aromatic nitrogens is 4. The van der Waals surface area contributed by atoms with Crippen LogP contribution in [0.1, 0.15) is 6.92 Å². The summed E-state index contributed by atoms with van der Waals surface area (Å²) < 4.78 is 1.68. The fraction of sp³-hybridized carbons (Fsp3) is 0.364. The van der Waals surface area contributed by atoms with Crippen molar-refractivity contribution in [2.45, 2.75) is 12.5 Å². The van der Waals surface area contributed by atoms with Crippen LogP contribution in [0.2, 0.25) is 0 Å². The molecule has 1 fully saturated rings. The second kappa shape index (κ2) is 3.53. The van der Waals surface area contributed by atoms with Gasteiger partial charge in [-0.05, 0) is 29.5 Å². The Bertz CT molecular complexity index is 514. The molecule has 6 heteroatoms. The number of tetrazole rings is 1. The Kier molecular flexibility index (Phi) is 2.12. The molecule has 1 saturated heterocycles. The standard InChI is InChI=1S/C11H13N5O/c1-11(17)7-15(8-11)10-12-13-14-16(10)9-5-3-2-4-6-9/h2-6,17H,7-8H2,1H3. The second-order valence-electron chi connectivity index (χ2n) is 4.58. The molecule has 0 bridgehead atoms. The quantitative estimate of drug-likeness (QED) is 0.801. The van der Waals surface area contributed by atoms with Crippen molar-refractivity contribution in [2.75, 3.05) is 18.0 Å². The molecule has 1 aromatic carbocycles. The Hall–Kier alpha value is -1.95. The van der Waals surface area contributed by atoms with Crippen molar-refractivity contribution in [1.82, 2.24) is 20.2 Å². The smallest absolute Gasteiger partial charge is 0.250 e. The van der Waals surface area contributed by atoms with Gasteiger partial charge in [-0.25, -0.2) is 0 Å². The zero-order chi connectivity index (χ0) is 11.9. The predicted molar refractivity (Wildman–Crippen MR) is 62.0 cm³/mol. The highest BCUT2D eigenvalue weighted by molar-refractivity contribution is 5.43. The summed E-state index contributed by atoms with van der Waals surface area (Å²) in [5.41, 5.74) is 0.284. The Morgan fingerprint density at radius 2 is 1.94 bits per heavy atom. The average Bonchev–Trinajstić information content (AvgIpc) is 2.75. The van der Waals surface area contributed by atoms with Crippen LogP contribution in [0, 0.1) is 0 Å². The first-order valence-electron chi connectivity index (χ1n) is 5.47. The van der Waals surface area contributed by atoms with E-state index in [1.54, 1.807) is 11.6 Å². The maximum absolute atomic E-state index is 9.72. The van der Waals surface area contributed by atoms with Crippen molar-refractivity contribution in [3.8, 4) is 5.69 Å². The van der Waals surface area contributed by atoms with Crippen molar-refractivity contribution in [2.24, 2.45) is 0 Å². The van der Waals surface area contributed by atoms with Gasteiger partial charge in [-0.3, -0.25) is 0 Å². The van der Waals surface area contributed by atoms with Crippen LogP contribution >= 0.6 is 0 Å². The Morgan fingerprint density at radius 3 is 2.59 bits per heavy atom. The molecule has 0 atom stereocenters. The highest BCUT2D eigenvalue weighted by atomic mass is 16.3. The van der Waals surface area contributed by atoms with Crippen LogP contribution in [-0.4, -0.2) is 44.0 Å². The van der Waals surface area contributed by atoms with Gasteiger partial charge in [-0.1, -0.05) is 23.3 Å². The fourth-order valence-electron chi connectivity index (χ4n) is 2.03. The van der Waals surface area contributed by atoms with E-state index in [1.807, 2.05) is 35.2 Å². The number of para-hydroxylation sites is 1. The topological polar surface area (TPSA) is 67.1 Å². The molecule has 0 spiro atoms. The normalized spacial score (nSPS) is 17.9. The van der Waals surface area contributed by atoms with Gasteiger partial charge in [0, 0.05) is 0 Å². The monoisotopic (exact) mass is 231 g/mol. The van der Waals surface area contributed by atoms with Gasteiger partial charge in [0.2, 0.25) is 0 Å². The number of β-amino-alcohol motifs (C(OH)–C–C–N with tert-alkyl or cyclic N) is 1. The Labute approximate surface area is 98.5 Å². The van der Waals surface area contributed by atoms with Gasteiger partial charge in [0.05, 0.1) is 24.4 Å². The van der Waals surface area contributed by atoms with E-state index in [0.717, 1.165) is 5.69 Å². The lowest BCUT2D eigenvalue weighted by Gasteiger charge is -2.44. The van der Waals surface area contributed by atoms with Crippen molar-refractivity contribution in [1.29, 1.82) is 0 Å². The molecule has 1 aromatic heterocycles. The summed E-state index contributed by atoms with van der Waals surface area (Å²) in [5.74, 6) is 0.669. The van der Waals surface area contributed by atoms with Gasteiger partial charge < -0.3 is 10.0 Å². The number of hydrogen-bond acceptors (Lipinski definition) is 5. The molecule has 0 radical (unpaired) electrons. The van der Waals surface area contributed by atoms with E-state index in [-0.39, 0.29) is 0 Å². The first kappa shape index (κ1) is 10.2. The van der Waals surface area contributed by atoms with Crippen LogP contribution in [-0.2, 0) is 0 Å². The van der Waals surface area contributed by atoms with E-state index in [4.69, 9.17) is 0 Å². The van der Waals surface area contributed by atoms with E-state index in [2.05, 4.69) is 15.5 Å². The van der Waals surface area contributed by atoms with Gasteiger partial charge in [0.25, 0.3) is 5.95 Å². The van der Waals surface area contributed by atoms with Gasteiger partial charge in [-0.2, -0.15) is 4.68 Å². The number of rotatable bonds is 2. The van der Waals surface area contributed by atoms with Crippen molar-refractivity contribution >= 4 is 5.95 Å². The summed E-state index contributed by atoms with van der Waals surface area (Å²) in [6, 6.07) is 9.71. The van der Waals surface area contributed by atoms with Gasteiger partial charge in [-0.15, -0.1) is 0 Å². The highest BCUT2D eigenvalue weighted by Gasteiger charge is 2.39. The lowest BCUT2D eigenvalue weighted by atomic mass is 9.98. The Morgan fingerprint density at radius 1 is 1.24 bits per heavy atom. The lowest BCUT2D eigenvalue weighted by molar-refractivity contribution is 0.0297. The number of hydrogen-bond donors (Lipinski definition) is 1. The van der Waals surface area contributed by atoms with E-state index < -0.39 is 5.60 Å². The summed E-state index contributed by atoms with van der Waals surface area (Å²) in [6.45, 7) is 2.92. The molecule has 17 heavy (non-hydrogen) atoms. The van der Waals surface area contributed by atoms with Crippen LogP contribution in [0.15, 0.2) is 30.3 Å². The van der Waals surface area contributed by atoms with Crippen LogP contribution in [0.3, 0.4) is 0 Å². The van der Waals surface area contributed by atoms with E-state index in [1.165, 1.54) is 0 Å². The maximum Gasteiger partial charge on any atom is 0.250 e. The minimum absolute atomic E-state index is 0.556. The first-order chi connectivity index (χ1) is 8.16. The molecular weight excluding hydrogens is 218 g/mol. The van der Waals surface area contributed by atoms with Crippen LogP contribution in [0.5, 0.6) is 0 Å². The van der Waals surface area contributed by atoms with E-state index in [0.29, 0.717) is 19.0 Å². The van der Waals surface area contributed by atoms with Gasteiger partial charge in [0.1, 0.15) is 0 Å². The number of benzene rings is 1. The molecule has 0 amide bonds. The molecule has 88 valence electrons. The van der Waals surface area contributed by atoms with Crippen molar-refractivity contribution in [3.63, 3.8) is 0 Å². The first-order valence-corrected chi connectivity index (χ1v) is 5.47. The van der Waals surface area contributed by atoms with Crippen molar-refractivity contribution in [3.05, 3.63) is 30.3 Å². The van der Waals surface area contributed by atoms with Crippen LogP contribution < -0.4 is 4.90 Å². The predicted octanol–water partition coefficient (Wildman–Crippen LogP) is 0.233. The van der Waals surface area contributed by atoms with E-state index >= 15 is 0 Å². The van der Waals surface area contributed by atoms with Gasteiger partial charge >= 0.3 is 0 Å². The van der Waals surface area contributed by atoms with E-state index in [9.17, 15) is 5.11 Å². The molecule has 2 heterocycles. The number of aliphatic hydroxyl groups is 1. The van der Waals surface area contributed by atoms with Crippen LogP contribution in [0.4, 0.5) is 5.95 Å². The third-order valence-corrected chi connectivity index (χ3v) is 2.80. The molecule has 6 nitrogen and oxygen atoms in total. The molecule has 0 saturated carbocycles. The van der Waals surface area contributed by atoms with Crippen molar-refractivity contribution < 1.29 is 5.11 Å². The largest absolute Gasteiger partial charge is 0.386 e. The van der Waals surface area contributed by atoms with Gasteiger partial charge in [0.15, 0.2) is 0 Å².